The van der Waals surface area contributed by atoms with Gasteiger partial charge in [-0.2, -0.15) is 0 Å². The van der Waals surface area contributed by atoms with E-state index in [1.165, 1.54) is 10.5 Å². The Labute approximate surface area is 121 Å². The second kappa shape index (κ2) is 5.86. The summed E-state index contributed by atoms with van der Waals surface area (Å²) >= 11 is 1.77. The predicted molar refractivity (Wildman–Crippen MR) is 82.9 cm³/mol. The van der Waals surface area contributed by atoms with Gasteiger partial charge >= 0.3 is 0 Å². The Balaban J connectivity index is 1.93. The standard InChI is InChI=1S/C16H25NOS/c1-15(2,3)13-4-6-14(7-5-13)19-12-16(18)8-10-17-11-9-16/h4-7,17-18H,8-12H2,1-3H3. The van der Waals surface area contributed by atoms with E-state index in [1.54, 1.807) is 11.8 Å². The molecule has 1 saturated heterocycles. The van der Waals surface area contributed by atoms with Crippen LogP contribution >= 0.6 is 11.8 Å². The molecule has 2 nitrogen and oxygen atoms in total. The fourth-order valence-electron chi connectivity index (χ4n) is 2.31. The van der Waals surface area contributed by atoms with Crippen LogP contribution in [0.4, 0.5) is 0 Å². The highest BCUT2D eigenvalue weighted by molar-refractivity contribution is 7.99. The minimum Gasteiger partial charge on any atom is -0.389 e. The molecule has 0 bridgehead atoms. The van der Waals surface area contributed by atoms with Crippen LogP contribution in [0.1, 0.15) is 39.2 Å². The Bertz CT molecular complexity index is 402. The van der Waals surface area contributed by atoms with Crippen molar-refractivity contribution >= 4 is 11.8 Å². The summed E-state index contributed by atoms with van der Waals surface area (Å²) in [4.78, 5) is 1.25. The second-order valence-corrected chi connectivity index (χ2v) is 7.59. The van der Waals surface area contributed by atoms with Gasteiger partial charge in [-0.3, -0.25) is 0 Å². The predicted octanol–water partition coefficient (Wildman–Crippen LogP) is 3.19. The van der Waals surface area contributed by atoms with Gasteiger partial charge < -0.3 is 10.4 Å². The van der Waals surface area contributed by atoms with E-state index in [1.807, 2.05) is 0 Å². The van der Waals surface area contributed by atoms with E-state index in [2.05, 4.69) is 50.4 Å². The summed E-state index contributed by atoms with van der Waals surface area (Å²) in [5, 5.41) is 13.7. The molecule has 2 N–H and O–H groups in total. The SMILES string of the molecule is CC(C)(C)c1ccc(SCC2(O)CCNCC2)cc1. The first-order valence-corrected chi connectivity index (χ1v) is 8.04. The molecule has 0 amide bonds. The quantitative estimate of drug-likeness (QED) is 0.834. The minimum atomic E-state index is -0.487. The first-order chi connectivity index (χ1) is 8.89. The molecule has 106 valence electrons. The Morgan fingerprint density at radius 3 is 2.26 bits per heavy atom. The number of piperidine rings is 1. The van der Waals surface area contributed by atoms with Crippen LogP contribution in [-0.4, -0.2) is 29.5 Å². The van der Waals surface area contributed by atoms with E-state index >= 15 is 0 Å². The zero-order valence-corrected chi connectivity index (χ0v) is 13.0. The van der Waals surface area contributed by atoms with E-state index in [0.29, 0.717) is 0 Å². The zero-order chi connectivity index (χ0) is 13.9. The van der Waals surface area contributed by atoms with Crippen LogP contribution in [0.2, 0.25) is 0 Å². The van der Waals surface area contributed by atoms with Crippen molar-refractivity contribution in [3.05, 3.63) is 29.8 Å². The number of nitrogens with one attached hydrogen (secondary N) is 1. The lowest BCUT2D eigenvalue weighted by molar-refractivity contribution is 0.0339. The summed E-state index contributed by atoms with van der Waals surface area (Å²) in [6.07, 6.45) is 1.72. The summed E-state index contributed by atoms with van der Waals surface area (Å²) in [5.41, 5.74) is 1.08. The van der Waals surface area contributed by atoms with Gasteiger partial charge in [-0.15, -0.1) is 11.8 Å². The van der Waals surface area contributed by atoms with Crippen molar-refractivity contribution in [1.82, 2.24) is 5.32 Å². The Kier molecular flexibility index (Phi) is 4.59. The average Bonchev–Trinajstić information content (AvgIpc) is 2.37. The van der Waals surface area contributed by atoms with Crippen LogP contribution in [-0.2, 0) is 5.41 Å². The van der Waals surface area contributed by atoms with Gasteiger partial charge in [0.25, 0.3) is 0 Å². The van der Waals surface area contributed by atoms with Gasteiger partial charge in [-0.05, 0) is 49.0 Å². The number of thioether (sulfide) groups is 1. The molecule has 19 heavy (non-hydrogen) atoms. The van der Waals surface area contributed by atoms with Gasteiger partial charge in [0.2, 0.25) is 0 Å². The maximum absolute atomic E-state index is 10.5. The highest BCUT2D eigenvalue weighted by Crippen LogP contribution is 2.30. The Hall–Kier alpha value is -0.510. The average molecular weight is 279 g/mol. The summed E-state index contributed by atoms with van der Waals surface area (Å²) < 4.78 is 0. The molecule has 1 aromatic rings. The summed E-state index contributed by atoms with van der Waals surface area (Å²) in [5.74, 6) is 0.795. The molecule has 0 aliphatic carbocycles. The maximum Gasteiger partial charge on any atom is 0.0765 e. The number of benzene rings is 1. The Morgan fingerprint density at radius 1 is 1.16 bits per heavy atom. The van der Waals surface area contributed by atoms with Crippen molar-refractivity contribution < 1.29 is 5.11 Å². The molecule has 1 fully saturated rings. The largest absolute Gasteiger partial charge is 0.389 e. The van der Waals surface area contributed by atoms with Gasteiger partial charge in [0.1, 0.15) is 0 Å². The van der Waals surface area contributed by atoms with E-state index in [4.69, 9.17) is 0 Å². The fourth-order valence-corrected chi connectivity index (χ4v) is 3.36. The van der Waals surface area contributed by atoms with Crippen LogP contribution in [0.25, 0.3) is 0 Å². The van der Waals surface area contributed by atoms with E-state index in [0.717, 1.165) is 31.7 Å². The molecule has 1 heterocycles. The van der Waals surface area contributed by atoms with Crippen LogP contribution in [0.15, 0.2) is 29.2 Å². The number of hydrogen-bond donors (Lipinski definition) is 2. The molecule has 1 aliphatic heterocycles. The van der Waals surface area contributed by atoms with Crippen molar-refractivity contribution in [1.29, 1.82) is 0 Å². The maximum atomic E-state index is 10.5. The normalized spacial score (nSPS) is 19.4. The van der Waals surface area contributed by atoms with Crippen molar-refractivity contribution in [2.45, 2.75) is 49.5 Å². The first-order valence-electron chi connectivity index (χ1n) is 7.06. The highest BCUT2D eigenvalue weighted by Gasteiger charge is 2.28. The highest BCUT2D eigenvalue weighted by atomic mass is 32.2. The van der Waals surface area contributed by atoms with Crippen LogP contribution in [0.3, 0.4) is 0 Å². The van der Waals surface area contributed by atoms with E-state index < -0.39 is 5.60 Å². The van der Waals surface area contributed by atoms with Crippen molar-refractivity contribution in [2.24, 2.45) is 0 Å². The van der Waals surface area contributed by atoms with Crippen LogP contribution in [0.5, 0.6) is 0 Å². The number of hydrogen-bond acceptors (Lipinski definition) is 3. The topological polar surface area (TPSA) is 32.3 Å². The van der Waals surface area contributed by atoms with Gasteiger partial charge in [0, 0.05) is 10.6 Å². The third-order valence-electron chi connectivity index (χ3n) is 3.76. The molecular formula is C16H25NOS. The Morgan fingerprint density at radius 2 is 1.74 bits per heavy atom. The van der Waals surface area contributed by atoms with Gasteiger partial charge in [-0.1, -0.05) is 32.9 Å². The summed E-state index contributed by atoms with van der Waals surface area (Å²) in [7, 11) is 0. The van der Waals surface area contributed by atoms with Gasteiger partial charge in [0.15, 0.2) is 0 Å². The molecule has 0 aromatic heterocycles. The van der Waals surface area contributed by atoms with Crippen molar-refractivity contribution in [2.75, 3.05) is 18.8 Å². The van der Waals surface area contributed by atoms with Crippen molar-refractivity contribution in [3.8, 4) is 0 Å². The number of rotatable bonds is 3. The summed E-state index contributed by atoms with van der Waals surface area (Å²) in [6.45, 7) is 8.55. The molecule has 1 aromatic carbocycles. The second-order valence-electron chi connectivity index (χ2n) is 6.54. The lowest BCUT2D eigenvalue weighted by atomic mass is 9.87. The fraction of sp³-hybridized carbons (Fsp3) is 0.625. The van der Waals surface area contributed by atoms with Gasteiger partial charge in [-0.25, -0.2) is 0 Å². The third kappa shape index (κ3) is 4.23. The summed E-state index contributed by atoms with van der Waals surface area (Å²) in [6, 6.07) is 8.76. The van der Waals surface area contributed by atoms with Gasteiger partial charge in [0.05, 0.1) is 5.60 Å². The lowest BCUT2D eigenvalue weighted by Crippen LogP contribution is -2.43. The van der Waals surface area contributed by atoms with E-state index in [-0.39, 0.29) is 5.41 Å². The molecule has 3 heteroatoms. The van der Waals surface area contributed by atoms with Crippen molar-refractivity contribution in [3.63, 3.8) is 0 Å². The molecule has 0 radical (unpaired) electrons. The van der Waals surface area contributed by atoms with Crippen LogP contribution in [0, 0.1) is 0 Å². The lowest BCUT2D eigenvalue weighted by Gasteiger charge is -2.32. The van der Waals surface area contributed by atoms with E-state index in [9.17, 15) is 5.11 Å². The molecule has 0 unspecified atom stereocenters. The molecule has 2 rings (SSSR count). The molecule has 0 atom stereocenters. The molecule has 0 saturated carbocycles. The smallest absolute Gasteiger partial charge is 0.0765 e. The monoisotopic (exact) mass is 279 g/mol. The van der Waals surface area contributed by atoms with Crippen LogP contribution < -0.4 is 5.32 Å². The first kappa shape index (κ1) is 14.9. The molecular weight excluding hydrogens is 254 g/mol. The molecule has 1 aliphatic rings. The zero-order valence-electron chi connectivity index (χ0n) is 12.2. The third-order valence-corrected chi connectivity index (χ3v) is 5.05. The number of aliphatic hydroxyl groups is 1. The minimum absolute atomic E-state index is 0.205. The molecule has 0 spiro atoms.